The lowest BCUT2D eigenvalue weighted by Gasteiger charge is -2.28. The number of carbonyl (C=O) groups excluding carboxylic acids is 4. The molecule has 0 fully saturated rings. The second kappa shape index (κ2) is 13.5. The van der Waals surface area contributed by atoms with Crippen LogP contribution in [-0.4, -0.2) is 59.4 Å². The number of nitrogens with one attached hydrogen (secondary N) is 3. The van der Waals surface area contributed by atoms with Gasteiger partial charge in [0.05, 0.1) is 6.04 Å². The first-order valence-corrected chi connectivity index (χ1v) is 10.0. The summed E-state index contributed by atoms with van der Waals surface area (Å²) in [4.78, 5) is 59.1. The molecule has 0 heterocycles. The van der Waals surface area contributed by atoms with Gasteiger partial charge in [0.25, 0.3) is 0 Å². The zero-order chi connectivity index (χ0) is 23.4. The van der Waals surface area contributed by atoms with E-state index in [1.165, 1.54) is 0 Å². The standard InChI is InChI=1S/C19H35N5O6/c1-5-11(4)16(24-17(28)12(20)6-7-14(21)25)19(30)23-13(8-10(2)3)18(29)22-9-15(26)27/h10-13,16H,5-9,20H2,1-4H3,(H2,21,25)(H,22,29)(H,23,30)(H,24,28)(H,26,27). The van der Waals surface area contributed by atoms with Gasteiger partial charge in [0.1, 0.15) is 18.6 Å². The minimum Gasteiger partial charge on any atom is -0.480 e. The van der Waals surface area contributed by atoms with E-state index >= 15 is 0 Å². The number of hydrogen-bond acceptors (Lipinski definition) is 6. The molecule has 0 radical (unpaired) electrons. The first-order valence-electron chi connectivity index (χ1n) is 10.0. The number of nitrogens with two attached hydrogens (primary N) is 2. The van der Waals surface area contributed by atoms with Gasteiger partial charge < -0.3 is 32.5 Å². The predicted octanol–water partition coefficient (Wildman–Crippen LogP) is -1.16. The number of primary amides is 1. The van der Waals surface area contributed by atoms with Crippen molar-refractivity contribution < 1.29 is 29.1 Å². The molecular weight excluding hydrogens is 394 g/mol. The molecule has 30 heavy (non-hydrogen) atoms. The van der Waals surface area contributed by atoms with Crippen LogP contribution < -0.4 is 27.4 Å². The van der Waals surface area contributed by atoms with E-state index in [9.17, 15) is 24.0 Å². The Hall–Kier alpha value is -2.69. The first kappa shape index (κ1) is 27.3. The molecule has 4 unspecified atom stereocenters. The molecule has 0 aromatic heterocycles. The van der Waals surface area contributed by atoms with Gasteiger partial charge in [-0.1, -0.05) is 34.1 Å². The van der Waals surface area contributed by atoms with Gasteiger partial charge in [-0.15, -0.1) is 0 Å². The number of amides is 4. The second-order valence-electron chi connectivity index (χ2n) is 7.79. The average Bonchev–Trinajstić information content (AvgIpc) is 2.66. The number of carbonyl (C=O) groups is 5. The Morgan fingerprint density at radius 3 is 2.03 bits per heavy atom. The number of rotatable bonds is 14. The zero-order valence-electron chi connectivity index (χ0n) is 18.1. The SMILES string of the molecule is CCC(C)C(NC(=O)C(N)CCC(N)=O)C(=O)NC(CC(C)C)C(=O)NCC(=O)O. The van der Waals surface area contributed by atoms with Crippen LogP contribution in [0.3, 0.4) is 0 Å². The van der Waals surface area contributed by atoms with E-state index < -0.39 is 54.3 Å². The monoisotopic (exact) mass is 429 g/mol. The minimum absolute atomic E-state index is 0.0452. The molecule has 172 valence electrons. The minimum atomic E-state index is -1.20. The fourth-order valence-electron chi connectivity index (χ4n) is 2.64. The van der Waals surface area contributed by atoms with E-state index in [0.29, 0.717) is 6.42 Å². The molecule has 0 aromatic rings. The van der Waals surface area contributed by atoms with Gasteiger partial charge in [-0.2, -0.15) is 0 Å². The molecule has 0 aromatic carbocycles. The molecule has 8 N–H and O–H groups in total. The Morgan fingerprint density at radius 1 is 0.967 bits per heavy atom. The fraction of sp³-hybridized carbons (Fsp3) is 0.737. The van der Waals surface area contributed by atoms with Gasteiger partial charge in [-0.05, 0) is 24.7 Å². The number of carboxylic acid groups (broad SMARTS) is 1. The summed E-state index contributed by atoms with van der Waals surface area (Å²) in [5.74, 6) is -3.80. The maximum absolute atomic E-state index is 12.9. The molecule has 0 saturated heterocycles. The summed E-state index contributed by atoms with van der Waals surface area (Å²) < 4.78 is 0. The highest BCUT2D eigenvalue weighted by molar-refractivity contribution is 5.94. The number of hydrogen-bond donors (Lipinski definition) is 6. The topological polar surface area (TPSA) is 194 Å². The van der Waals surface area contributed by atoms with E-state index in [1.807, 2.05) is 20.8 Å². The molecule has 0 rings (SSSR count). The predicted molar refractivity (Wildman–Crippen MR) is 110 cm³/mol. The van der Waals surface area contributed by atoms with Gasteiger partial charge in [0.2, 0.25) is 23.6 Å². The summed E-state index contributed by atoms with van der Waals surface area (Å²) in [6, 6.07) is -2.92. The average molecular weight is 430 g/mol. The van der Waals surface area contributed by atoms with Crippen LogP contribution in [0.25, 0.3) is 0 Å². The summed E-state index contributed by atoms with van der Waals surface area (Å²) in [7, 11) is 0. The molecule has 0 bridgehead atoms. The lowest BCUT2D eigenvalue weighted by atomic mass is 9.96. The van der Waals surface area contributed by atoms with Crippen LogP contribution in [-0.2, 0) is 24.0 Å². The first-order chi connectivity index (χ1) is 13.9. The molecule has 0 saturated carbocycles. The molecule has 11 heteroatoms. The van der Waals surface area contributed by atoms with Crippen LogP contribution in [0, 0.1) is 11.8 Å². The number of carboxylic acids is 1. The van der Waals surface area contributed by atoms with E-state index in [-0.39, 0.29) is 31.1 Å². The Morgan fingerprint density at radius 2 is 1.57 bits per heavy atom. The second-order valence-corrected chi connectivity index (χ2v) is 7.79. The van der Waals surface area contributed by atoms with Gasteiger partial charge in [-0.25, -0.2) is 0 Å². The third-order valence-corrected chi connectivity index (χ3v) is 4.59. The fourth-order valence-corrected chi connectivity index (χ4v) is 2.64. The van der Waals surface area contributed by atoms with Crippen LogP contribution in [0.15, 0.2) is 0 Å². The van der Waals surface area contributed by atoms with Gasteiger partial charge >= 0.3 is 5.97 Å². The summed E-state index contributed by atoms with van der Waals surface area (Å²) in [5.41, 5.74) is 10.8. The van der Waals surface area contributed by atoms with E-state index in [1.54, 1.807) is 6.92 Å². The van der Waals surface area contributed by atoms with Crippen LogP contribution in [0.1, 0.15) is 53.4 Å². The highest BCUT2D eigenvalue weighted by Gasteiger charge is 2.31. The van der Waals surface area contributed by atoms with Crippen LogP contribution in [0.2, 0.25) is 0 Å². The Labute approximate surface area is 176 Å². The van der Waals surface area contributed by atoms with Crippen molar-refractivity contribution in [3.63, 3.8) is 0 Å². The smallest absolute Gasteiger partial charge is 0.322 e. The van der Waals surface area contributed by atoms with Crippen molar-refractivity contribution in [1.82, 2.24) is 16.0 Å². The van der Waals surface area contributed by atoms with Crippen molar-refractivity contribution in [2.24, 2.45) is 23.3 Å². The Kier molecular flexibility index (Phi) is 12.3. The maximum atomic E-state index is 12.9. The van der Waals surface area contributed by atoms with Gasteiger partial charge in [-0.3, -0.25) is 24.0 Å². The van der Waals surface area contributed by atoms with Crippen molar-refractivity contribution in [3.8, 4) is 0 Å². The molecule has 0 spiro atoms. The summed E-state index contributed by atoms with van der Waals surface area (Å²) in [5, 5.41) is 16.2. The maximum Gasteiger partial charge on any atom is 0.322 e. The largest absolute Gasteiger partial charge is 0.480 e. The Balaban J connectivity index is 5.27. The van der Waals surface area contributed by atoms with Gasteiger partial charge in [0.15, 0.2) is 0 Å². The third-order valence-electron chi connectivity index (χ3n) is 4.59. The van der Waals surface area contributed by atoms with E-state index in [0.717, 1.165) is 0 Å². The van der Waals surface area contributed by atoms with Crippen molar-refractivity contribution in [2.75, 3.05) is 6.54 Å². The lowest BCUT2D eigenvalue weighted by Crippen LogP contribution is -2.58. The van der Waals surface area contributed by atoms with Crippen molar-refractivity contribution in [2.45, 2.75) is 71.5 Å². The zero-order valence-corrected chi connectivity index (χ0v) is 18.1. The van der Waals surface area contributed by atoms with E-state index in [2.05, 4.69) is 16.0 Å². The highest BCUT2D eigenvalue weighted by atomic mass is 16.4. The summed E-state index contributed by atoms with van der Waals surface area (Å²) in [6.45, 7) is 6.75. The normalized spacial score (nSPS) is 14.9. The molecule has 4 atom stereocenters. The van der Waals surface area contributed by atoms with Crippen molar-refractivity contribution >= 4 is 29.6 Å². The van der Waals surface area contributed by atoms with Gasteiger partial charge in [0, 0.05) is 6.42 Å². The molecule has 11 nitrogen and oxygen atoms in total. The Bertz CT molecular complexity index is 625. The quantitative estimate of drug-likeness (QED) is 0.200. The van der Waals surface area contributed by atoms with E-state index in [4.69, 9.17) is 16.6 Å². The van der Waals surface area contributed by atoms with Crippen LogP contribution >= 0.6 is 0 Å². The molecule has 0 aliphatic heterocycles. The third kappa shape index (κ3) is 10.7. The molecular formula is C19H35N5O6. The van der Waals surface area contributed by atoms with Crippen molar-refractivity contribution in [3.05, 3.63) is 0 Å². The molecule has 0 aliphatic carbocycles. The van der Waals surface area contributed by atoms with Crippen molar-refractivity contribution in [1.29, 1.82) is 0 Å². The highest BCUT2D eigenvalue weighted by Crippen LogP contribution is 2.11. The lowest BCUT2D eigenvalue weighted by molar-refractivity contribution is -0.138. The molecule has 0 aliphatic rings. The number of aliphatic carboxylic acids is 1. The molecule has 4 amide bonds. The summed E-state index contributed by atoms with van der Waals surface area (Å²) in [6.07, 6.45) is 0.837. The van der Waals surface area contributed by atoms with Crippen LogP contribution in [0.5, 0.6) is 0 Å². The van der Waals surface area contributed by atoms with Crippen LogP contribution in [0.4, 0.5) is 0 Å². The summed E-state index contributed by atoms with van der Waals surface area (Å²) >= 11 is 0.